The lowest BCUT2D eigenvalue weighted by Crippen LogP contribution is -2.00. The predicted molar refractivity (Wildman–Crippen MR) is 46.9 cm³/mol. The number of rotatable bonds is 1. The Morgan fingerprint density at radius 3 is 2.57 bits per heavy atom. The maximum atomic E-state index is 12.2. The van der Waals surface area contributed by atoms with Gasteiger partial charge in [0.15, 0.2) is 0 Å². The molecule has 74 valence electrons. The second-order valence-electron chi connectivity index (χ2n) is 2.68. The standard InChI is InChI=1S/C8H5F3N2S/c9-8(10,11)7-1-5(4-14-7)6-2-12-13-3-6/h1-4H,(H,12,13). The van der Waals surface area contributed by atoms with Crippen molar-refractivity contribution in [2.45, 2.75) is 6.18 Å². The van der Waals surface area contributed by atoms with Crippen LogP contribution in [0.2, 0.25) is 0 Å². The lowest BCUT2D eigenvalue weighted by atomic mass is 10.2. The second-order valence-corrected chi connectivity index (χ2v) is 3.60. The number of halogens is 3. The average molecular weight is 218 g/mol. The Balaban J connectivity index is 2.36. The first kappa shape index (κ1) is 9.26. The van der Waals surface area contributed by atoms with Gasteiger partial charge in [0, 0.05) is 11.8 Å². The molecule has 0 aliphatic rings. The summed E-state index contributed by atoms with van der Waals surface area (Å²) in [5.41, 5.74) is 1.20. The van der Waals surface area contributed by atoms with Crippen LogP contribution < -0.4 is 0 Å². The van der Waals surface area contributed by atoms with Gasteiger partial charge in [-0.05, 0) is 17.0 Å². The van der Waals surface area contributed by atoms with Gasteiger partial charge >= 0.3 is 6.18 Å². The van der Waals surface area contributed by atoms with Crippen molar-refractivity contribution < 1.29 is 13.2 Å². The first-order valence-corrected chi connectivity index (χ1v) is 4.60. The van der Waals surface area contributed by atoms with Crippen LogP contribution in [-0.4, -0.2) is 10.2 Å². The molecule has 2 rings (SSSR count). The van der Waals surface area contributed by atoms with Gasteiger partial charge < -0.3 is 0 Å². The summed E-state index contributed by atoms with van der Waals surface area (Å²) < 4.78 is 36.7. The van der Waals surface area contributed by atoms with Gasteiger partial charge in [-0.15, -0.1) is 11.3 Å². The summed E-state index contributed by atoms with van der Waals surface area (Å²) in [6.07, 6.45) is -1.21. The van der Waals surface area contributed by atoms with Crippen LogP contribution >= 0.6 is 11.3 Å². The molecule has 0 aliphatic heterocycles. The van der Waals surface area contributed by atoms with E-state index in [0.717, 1.165) is 6.07 Å². The Morgan fingerprint density at radius 1 is 1.29 bits per heavy atom. The van der Waals surface area contributed by atoms with E-state index in [4.69, 9.17) is 0 Å². The first-order valence-electron chi connectivity index (χ1n) is 3.72. The van der Waals surface area contributed by atoms with Gasteiger partial charge in [0.05, 0.1) is 6.20 Å². The van der Waals surface area contributed by atoms with Crippen LogP contribution in [0.5, 0.6) is 0 Å². The molecule has 0 aromatic carbocycles. The van der Waals surface area contributed by atoms with Gasteiger partial charge in [-0.1, -0.05) is 0 Å². The molecule has 0 fully saturated rings. The maximum Gasteiger partial charge on any atom is 0.425 e. The van der Waals surface area contributed by atoms with Crippen LogP contribution in [0.15, 0.2) is 23.8 Å². The number of thiophene rings is 1. The van der Waals surface area contributed by atoms with Crippen molar-refractivity contribution in [3.63, 3.8) is 0 Å². The molecule has 2 heterocycles. The molecule has 14 heavy (non-hydrogen) atoms. The minimum atomic E-state index is -4.26. The highest BCUT2D eigenvalue weighted by Crippen LogP contribution is 2.36. The lowest BCUT2D eigenvalue weighted by molar-refractivity contribution is -0.134. The Bertz CT molecular complexity index is 416. The molecule has 0 saturated heterocycles. The zero-order valence-electron chi connectivity index (χ0n) is 6.80. The summed E-state index contributed by atoms with van der Waals surface area (Å²) in [6.45, 7) is 0. The van der Waals surface area contributed by atoms with Gasteiger partial charge in [-0.3, -0.25) is 5.10 Å². The molecule has 0 radical (unpaired) electrons. The number of alkyl halides is 3. The molecule has 1 N–H and O–H groups in total. The van der Waals surface area contributed by atoms with Crippen molar-refractivity contribution in [2.24, 2.45) is 0 Å². The highest BCUT2D eigenvalue weighted by molar-refractivity contribution is 7.10. The van der Waals surface area contributed by atoms with Crippen LogP contribution in [0.1, 0.15) is 4.88 Å². The summed E-state index contributed by atoms with van der Waals surface area (Å²) in [4.78, 5) is -0.589. The molecule has 2 nitrogen and oxygen atoms in total. The van der Waals surface area contributed by atoms with Crippen molar-refractivity contribution in [2.75, 3.05) is 0 Å². The monoisotopic (exact) mass is 218 g/mol. The number of hydrogen-bond acceptors (Lipinski definition) is 2. The third-order valence-electron chi connectivity index (χ3n) is 1.71. The topological polar surface area (TPSA) is 28.7 Å². The van der Waals surface area contributed by atoms with Crippen LogP contribution in [0.3, 0.4) is 0 Å². The third-order valence-corrected chi connectivity index (χ3v) is 2.69. The Hall–Kier alpha value is -1.30. The molecular formula is C8H5F3N2S. The first-order chi connectivity index (χ1) is 6.57. The fourth-order valence-electron chi connectivity index (χ4n) is 1.05. The van der Waals surface area contributed by atoms with E-state index in [1.165, 1.54) is 11.6 Å². The van der Waals surface area contributed by atoms with Crippen molar-refractivity contribution in [3.8, 4) is 11.1 Å². The molecule has 0 spiro atoms. The van der Waals surface area contributed by atoms with E-state index in [9.17, 15) is 13.2 Å². The smallest absolute Gasteiger partial charge is 0.285 e. The molecule has 0 unspecified atom stereocenters. The molecule has 0 saturated carbocycles. The van der Waals surface area contributed by atoms with Gasteiger partial charge in [0.25, 0.3) is 0 Å². The largest absolute Gasteiger partial charge is 0.425 e. The number of nitrogens with zero attached hydrogens (tertiary/aromatic N) is 1. The molecule has 0 amide bonds. The fraction of sp³-hybridized carbons (Fsp3) is 0.125. The summed E-state index contributed by atoms with van der Waals surface area (Å²) in [5.74, 6) is 0. The number of aromatic nitrogens is 2. The SMILES string of the molecule is FC(F)(F)c1cc(-c2cn[nH]c2)cs1. The summed E-state index contributed by atoms with van der Waals surface area (Å²) >= 11 is 0.688. The molecule has 6 heteroatoms. The van der Waals surface area contributed by atoms with Crippen LogP contribution in [-0.2, 0) is 6.18 Å². The Labute approximate surface area is 81.4 Å². The van der Waals surface area contributed by atoms with E-state index in [0.29, 0.717) is 22.5 Å². The number of H-pyrrole nitrogens is 1. The average Bonchev–Trinajstić information content (AvgIpc) is 2.73. The minimum Gasteiger partial charge on any atom is -0.285 e. The van der Waals surface area contributed by atoms with Crippen molar-refractivity contribution in [1.29, 1.82) is 0 Å². The summed E-state index contributed by atoms with van der Waals surface area (Å²) in [6, 6.07) is 1.12. The zero-order chi connectivity index (χ0) is 10.2. The van der Waals surface area contributed by atoms with Gasteiger partial charge in [0.1, 0.15) is 4.88 Å². The zero-order valence-corrected chi connectivity index (χ0v) is 7.62. The maximum absolute atomic E-state index is 12.2. The van der Waals surface area contributed by atoms with Crippen molar-refractivity contribution in [3.05, 3.63) is 28.7 Å². The van der Waals surface area contributed by atoms with Crippen LogP contribution in [0, 0.1) is 0 Å². The van der Waals surface area contributed by atoms with Gasteiger partial charge in [-0.25, -0.2) is 0 Å². The fourth-order valence-corrected chi connectivity index (χ4v) is 1.83. The number of nitrogens with one attached hydrogen (secondary N) is 1. The highest BCUT2D eigenvalue weighted by Gasteiger charge is 2.32. The Morgan fingerprint density at radius 2 is 2.07 bits per heavy atom. The van der Waals surface area contributed by atoms with Crippen LogP contribution in [0.25, 0.3) is 11.1 Å². The molecule has 2 aromatic heterocycles. The van der Waals surface area contributed by atoms with Crippen LogP contribution in [0.4, 0.5) is 13.2 Å². The highest BCUT2D eigenvalue weighted by atomic mass is 32.1. The van der Waals surface area contributed by atoms with Gasteiger partial charge in [-0.2, -0.15) is 18.3 Å². The van der Waals surface area contributed by atoms with E-state index in [1.54, 1.807) is 6.20 Å². The van der Waals surface area contributed by atoms with Gasteiger partial charge in [0.2, 0.25) is 0 Å². The summed E-state index contributed by atoms with van der Waals surface area (Å²) in [5, 5.41) is 7.68. The Kier molecular flexibility index (Phi) is 2.07. The molecule has 0 bridgehead atoms. The van der Waals surface area contributed by atoms with E-state index in [-0.39, 0.29) is 0 Å². The molecule has 2 aromatic rings. The van der Waals surface area contributed by atoms with E-state index < -0.39 is 11.1 Å². The molecule has 0 atom stereocenters. The third kappa shape index (κ3) is 1.65. The quantitative estimate of drug-likeness (QED) is 0.782. The predicted octanol–water partition coefficient (Wildman–Crippen LogP) is 3.16. The molecular weight excluding hydrogens is 213 g/mol. The number of hydrogen-bond donors (Lipinski definition) is 1. The van der Waals surface area contributed by atoms with E-state index in [2.05, 4.69) is 10.2 Å². The van der Waals surface area contributed by atoms with E-state index >= 15 is 0 Å². The lowest BCUT2D eigenvalue weighted by Gasteiger charge is -2.00. The van der Waals surface area contributed by atoms with Crippen molar-refractivity contribution in [1.82, 2.24) is 10.2 Å². The van der Waals surface area contributed by atoms with E-state index in [1.807, 2.05) is 0 Å². The summed E-state index contributed by atoms with van der Waals surface area (Å²) in [7, 11) is 0. The minimum absolute atomic E-state index is 0.538. The number of aromatic amines is 1. The normalized spacial score (nSPS) is 11.9. The molecule has 0 aliphatic carbocycles. The van der Waals surface area contributed by atoms with Crippen molar-refractivity contribution >= 4 is 11.3 Å². The second kappa shape index (κ2) is 3.13.